The van der Waals surface area contributed by atoms with Crippen LogP contribution in [0.5, 0.6) is 0 Å². The van der Waals surface area contributed by atoms with Crippen molar-refractivity contribution in [3.63, 3.8) is 0 Å². The fourth-order valence-electron chi connectivity index (χ4n) is 2.48. The van der Waals surface area contributed by atoms with Crippen LogP contribution in [0, 0.1) is 6.92 Å². The monoisotopic (exact) mass is 292 g/mol. The molecule has 110 valence electrons. The molecule has 22 heavy (non-hydrogen) atoms. The SMILES string of the molecule is Cc1ccc(C(=O)c2cnn(-c3cc(C4CC4)n[nH]3)c2)cc1. The van der Waals surface area contributed by atoms with E-state index < -0.39 is 0 Å². The zero-order valence-electron chi connectivity index (χ0n) is 12.3. The van der Waals surface area contributed by atoms with E-state index in [4.69, 9.17) is 0 Å². The fraction of sp³-hybridized carbons (Fsp3) is 0.235. The second-order valence-corrected chi connectivity index (χ2v) is 5.82. The summed E-state index contributed by atoms with van der Waals surface area (Å²) in [5, 5.41) is 11.6. The van der Waals surface area contributed by atoms with Crippen molar-refractivity contribution in [3.8, 4) is 5.82 Å². The van der Waals surface area contributed by atoms with Gasteiger partial charge in [0, 0.05) is 23.7 Å². The second-order valence-electron chi connectivity index (χ2n) is 5.82. The Kier molecular flexibility index (Phi) is 2.92. The third-order valence-corrected chi connectivity index (χ3v) is 3.99. The molecule has 0 radical (unpaired) electrons. The Morgan fingerprint density at radius 2 is 2.00 bits per heavy atom. The van der Waals surface area contributed by atoms with Gasteiger partial charge >= 0.3 is 0 Å². The van der Waals surface area contributed by atoms with E-state index in [1.807, 2.05) is 37.3 Å². The number of nitrogens with one attached hydrogen (secondary N) is 1. The summed E-state index contributed by atoms with van der Waals surface area (Å²) in [4.78, 5) is 12.4. The summed E-state index contributed by atoms with van der Waals surface area (Å²) in [5.74, 6) is 1.37. The predicted octanol–water partition coefficient (Wildman–Crippen LogP) is 3.01. The van der Waals surface area contributed by atoms with Crippen molar-refractivity contribution >= 4 is 5.78 Å². The molecule has 1 aromatic carbocycles. The Hall–Kier alpha value is -2.69. The lowest BCUT2D eigenvalue weighted by atomic mass is 10.1. The Morgan fingerprint density at radius 1 is 1.23 bits per heavy atom. The van der Waals surface area contributed by atoms with Gasteiger partial charge in [-0.05, 0) is 19.8 Å². The van der Waals surface area contributed by atoms with Crippen LogP contribution in [-0.2, 0) is 0 Å². The minimum absolute atomic E-state index is 0.0202. The minimum atomic E-state index is -0.0202. The molecule has 2 aromatic heterocycles. The maximum absolute atomic E-state index is 12.4. The van der Waals surface area contributed by atoms with Gasteiger partial charge in [0.2, 0.25) is 0 Å². The standard InChI is InChI=1S/C17H16N4O/c1-11-2-4-13(5-3-11)17(22)14-9-18-21(10-14)16-8-15(19-20-16)12-6-7-12/h2-5,8-10,12H,6-7H2,1H3,(H,19,20). The van der Waals surface area contributed by atoms with E-state index in [1.54, 1.807) is 17.1 Å². The van der Waals surface area contributed by atoms with Crippen LogP contribution in [0.15, 0.2) is 42.7 Å². The van der Waals surface area contributed by atoms with Crippen molar-refractivity contribution in [3.05, 3.63) is 65.1 Å². The van der Waals surface area contributed by atoms with Crippen LogP contribution in [-0.4, -0.2) is 25.8 Å². The number of hydrogen-bond donors (Lipinski definition) is 1. The van der Waals surface area contributed by atoms with E-state index in [0.29, 0.717) is 17.0 Å². The van der Waals surface area contributed by atoms with Gasteiger partial charge in [-0.15, -0.1) is 0 Å². The molecule has 0 amide bonds. The van der Waals surface area contributed by atoms with Crippen LogP contribution in [0.2, 0.25) is 0 Å². The lowest BCUT2D eigenvalue weighted by molar-refractivity contribution is 0.103. The molecule has 1 aliphatic carbocycles. The molecule has 0 saturated heterocycles. The van der Waals surface area contributed by atoms with Gasteiger partial charge in [-0.2, -0.15) is 10.2 Å². The summed E-state index contributed by atoms with van der Waals surface area (Å²) in [6, 6.07) is 9.57. The molecule has 4 rings (SSSR count). The summed E-state index contributed by atoms with van der Waals surface area (Å²) in [6.45, 7) is 2.00. The van der Waals surface area contributed by atoms with Crippen molar-refractivity contribution in [1.29, 1.82) is 0 Å². The first-order chi connectivity index (χ1) is 10.7. The average molecular weight is 292 g/mol. The minimum Gasteiger partial charge on any atom is -0.288 e. The van der Waals surface area contributed by atoms with E-state index in [-0.39, 0.29) is 5.78 Å². The van der Waals surface area contributed by atoms with Gasteiger partial charge in [0.05, 0.1) is 17.5 Å². The molecule has 0 atom stereocenters. The molecule has 0 bridgehead atoms. The fourth-order valence-corrected chi connectivity index (χ4v) is 2.48. The topological polar surface area (TPSA) is 63.6 Å². The molecule has 1 fully saturated rings. The molecule has 5 heteroatoms. The van der Waals surface area contributed by atoms with Gasteiger partial charge in [-0.3, -0.25) is 9.89 Å². The number of rotatable bonds is 4. The molecule has 0 aliphatic heterocycles. The van der Waals surface area contributed by atoms with Gasteiger partial charge in [-0.1, -0.05) is 29.8 Å². The van der Waals surface area contributed by atoms with Crippen molar-refractivity contribution in [2.45, 2.75) is 25.7 Å². The van der Waals surface area contributed by atoms with Crippen molar-refractivity contribution in [2.24, 2.45) is 0 Å². The number of H-pyrrole nitrogens is 1. The van der Waals surface area contributed by atoms with Gasteiger partial charge in [0.25, 0.3) is 0 Å². The van der Waals surface area contributed by atoms with Crippen molar-refractivity contribution in [2.75, 3.05) is 0 Å². The number of carbonyl (C=O) groups excluding carboxylic acids is 1. The van der Waals surface area contributed by atoms with Crippen LogP contribution in [0.25, 0.3) is 5.82 Å². The molecule has 2 heterocycles. The van der Waals surface area contributed by atoms with Crippen LogP contribution in [0.1, 0.15) is 45.9 Å². The maximum atomic E-state index is 12.4. The lowest BCUT2D eigenvalue weighted by Gasteiger charge is -1.98. The number of carbonyl (C=O) groups is 1. The summed E-state index contributed by atoms with van der Waals surface area (Å²) < 4.78 is 1.67. The molecular formula is C17H16N4O. The summed E-state index contributed by atoms with van der Waals surface area (Å²) in [5.41, 5.74) is 3.47. The smallest absolute Gasteiger partial charge is 0.196 e. The summed E-state index contributed by atoms with van der Waals surface area (Å²) >= 11 is 0. The van der Waals surface area contributed by atoms with E-state index in [0.717, 1.165) is 17.1 Å². The molecule has 1 aliphatic rings. The summed E-state index contributed by atoms with van der Waals surface area (Å²) in [6.07, 6.45) is 5.76. The van der Waals surface area contributed by atoms with E-state index >= 15 is 0 Å². The number of nitrogens with zero attached hydrogens (tertiary/aromatic N) is 3. The number of hydrogen-bond acceptors (Lipinski definition) is 3. The Balaban J connectivity index is 1.59. The Bertz CT molecular complexity index is 824. The second kappa shape index (κ2) is 4.94. The lowest BCUT2D eigenvalue weighted by Crippen LogP contribution is -2.00. The third kappa shape index (κ3) is 2.35. The quantitative estimate of drug-likeness (QED) is 0.752. The van der Waals surface area contributed by atoms with Crippen molar-refractivity contribution < 1.29 is 4.79 Å². The number of ketones is 1. The molecule has 0 unspecified atom stereocenters. The predicted molar refractivity (Wildman–Crippen MR) is 82.3 cm³/mol. The third-order valence-electron chi connectivity index (χ3n) is 3.99. The molecule has 1 saturated carbocycles. The first kappa shape index (κ1) is 13.0. The molecule has 1 N–H and O–H groups in total. The van der Waals surface area contributed by atoms with E-state index in [2.05, 4.69) is 15.3 Å². The Morgan fingerprint density at radius 3 is 2.73 bits per heavy atom. The maximum Gasteiger partial charge on any atom is 0.196 e. The zero-order valence-corrected chi connectivity index (χ0v) is 12.3. The average Bonchev–Trinajstić information content (AvgIpc) is 3.07. The van der Waals surface area contributed by atoms with Crippen molar-refractivity contribution in [1.82, 2.24) is 20.0 Å². The highest BCUT2D eigenvalue weighted by molar-refractivity contribution is 6.08. The number of benzene rings is 1. The van der Waals surface area contributed by atoms with Gasteiger partial charge in [0.15, 0.2) is 5.78 Å². The summed E-state index contributed by atoms with van der Waals surface area (Å²) in [7, 11) is 0. The van der Waals surface area contributed by atoms with E-state index in [1.165, 1.54) is 12.8 Å². The molecule has 3 aromatic rings. The normalized spacial score (nSPS) is 14.2. The van der Waals surface area contributed by atoms with Crippen LogP contribution in [0.4, 0.5) is 0 Å². The van der Waals surface area contributed by atoms with Gasteiger partial charge in [0.1, 0.15) is 5.82 Å². The van der Waals surface area contributed by atoms with Gasteiger partial charge in [-0.25, -0.2) is 4.68 Å². The number of aromatic amines is 1. The molecule has 5 nitrogen and oxygen atoms in total. The van der Waals surface area contributed by atoms with Crippen LogP contribution >= 0.6 is 0 Å². The first-order valence-corrected chi connectivity index (χ1v) is 7.42. The van der Waals surface area contributed by atoms with Crippen LogP contribution in [0.3, 0.4) is 0 Å². The molecule has 0 spiro atoms. The highest BCUT2D eigenvalue weighted by atomic mass is 16.1. The number of aryl methyl sites for hydroxylation is 1. The highest BCUT2D eigenvalue weighted by Gasteiger charge is 2.26. The first-order valence-electron chi connectivity index (χ1n) is 7.42. The number of aromatic nitrogens is 4. The van der Waals surface area contributed by atoms with Gasteiger partial charge < -0.3 is 0 Å². The molecular weight excluding hydrogens is 276 g/mol. The van der Waals surface area contributed by atoms with Crippen LogP contribution < -0.4 is 0 Å². The highest BCUT2D eigenvalue weighted by Crippen LogP contribution is 2.39. The zero-order chi connectivity index (χ0) is 15.1. The largest absolute Gasteiger partial charge is 0.288 e. The van der Waals surface area contributed by atoms with E-state index in [9.17, 15) is 4.79 Å². The Labute approximate surface area is 128 Å².